The molecule has 2 aromatic rings. The van der Waals surface area contributed by atoms with Crippen molar-refractivity contribution in [3.05, 3.63) is 56.9 Å². The number of halogens is 1. The fourth-order valence-corrected chi connectivity index (χ4v) is 4.12. The van der Waals surface area contributed by atoms with Crippen molar-refractivity contribution in [2.24, 2.45) is 0 Å². The van der Waals surface area contributed by atoms with Crippen LogP contribution < -0.4 is 16.0 Å². The van der Waals surface area contributed by atoms with Crippen molar-refractivity contribution in [1.29, 1.82) is 0 Å². The molecule has 1 N–H and O–H groups in total. The average Bonchev–Trinajstić information content (AvgIpc) is 2.99. The second kappa shape index (κ2) is 8.42. The maximum Gasteiger partial charge on any atom is 0.330 e. The Balaban J connectivity index is 1.89. The van der Waals surface area contributed by atoms with Gasteiger partial charge in [0.1, 0.15) is 24.7 Å². The SMILES string of the molecule is COc1ccc(S[C@]2(F)C[C@H](n3cc(C)c(=O)[nH]c3=O)O[C@@H]2COC(C)=O)cc1. The molecule has 3 atom stereocenters. The highest BCUT2D eigenvalue weighted by molar-refractivity contribution is 8.00. The van der Waals surface area contributed by atoms with E-state index < -0.39 is 34.6 Å². The van der Waals surface area contributed by atoms with Crippen molar-refractivity contribution >= 4 is 17.7 Å². The largest absolute Gasteiger partial charge is 0.497 e. The molecule has 8 nitrogen and oxygen atoms in total. The fourth-order valence-electron chi connectivity index (χ4n) is 2.98. The number of esters is 1. The van der Waals surface area contributed by atoms with Crippen LogP contribution in [0, 0.1) is 6.92 Å². The van der Waals surface area contributed by atoms with Gasteiger partial charge in [-0.3, -0.25) is 19.1 Å². The molecule has 2 heterocycles. The number of H-pyrrole nitrogens is 1. The number of carbonyl (C=O) groups is 1. The number of carbonyl (C=O) groups excluding carboxylic acids is 1. The minimum atomic E-state index is -1.97. The predicted molar refractivity (Wildman–Crippen MR) is 104 cm³/mol. The third-order valence-corrected chi connectivity index (χ3v) is 5.77. The molecule has 156 valence electrons. The van der Waals surface area contributed by atoms with E-state index in [-0.39, 0.29) is 13.0 Å². The van der Waals surface area contributed by atoms with Gasteiger partial charge in [-0.05, 0) is 31.2 Å². The van der Waals surface area contributed by atoms with E-state index in [1.165, 1.54) is 27.2 Å². The molecule has 1 aliphatic heterocycles. The molecule has 1 fully saturated rings. The number of rotatable bonds is 6. The summed E-state index contributed by atoms with van der Waals surface area (Å²) in [7, 11) is 1.53. The van der Waals surface area contributed by atoms with Crippen LogP contribution in [-0.2, 0) is 14.3 Å². The van der Waals surface area contributed by atoms with E-state index in [1.54, 1.807) is 24.3 Å². The second-order valence-electron chi connectivity index (χ2n) is 6.63. The van der Waals surface area contributed by atoms with Crippen LogP contribution in [0.3, 0.4) is 0 Å². The molecule has 0 saturated carbocycles. The Morgan fingerprint density at radius 2 is 2.07 bits per heavy atom. The minimum Gasteiger partial charge on any atom is -0.497 e. The van der Waals surface area contributed by atoms with Crippen LogP contribution in [0.5, 0.6) is 5.75 Å². The average molecular weight is 424 g/mol. The molecule has 0 spiro atoms. The Labute approximate surface area is 170 Å². The lowest BCUT2D eigenvalue weighted by molar-refractivity contribution is -0.147. The lowest BCUT2D eigenvalue weighted by Crippen LogP contribution is -2.34. The molecule has 10 heteroatoms. The maximum atomic E-state index is 16.0. The number of aryl methyl sites for hydroxylation is 1. The van der Waals surface area contributed by atoms with Crippen LogP contribution in [0.25, 0.3) is 0 Å². The highest BCUT2D eigenvalue weighted by Crippen LogP contribution is 2.49. The first-order chi connectivity index (χ1) is 13.7. The van der Waals surface area contributed by atoms with Gasteiger partial charge in [0.25, 0.3) is 5.56 Å². The third kappa shape index (κ3) is 4.70. The van der Waals surface area contributed by atoms with E-state index in [2.05, 4.69) is 4.98 Å². The summed E-state index contributed by atoms with van der Waals surface area (Å²) < 4.78 is 32.9. The number of hydrogen-bond donors (Lipinski definition) is 1. The first-order valence-electron chi connectivity index (χ1n) is 8.84. The van der Waals surface area contributed by atoms with Gasteiger partial charge < -0.3 is 14.2 Å². The molecule has 29 heavy (non-hydrogen) atoms. The van der Waals surface area contributed by atoms with Gasteiger partial charge >= 0.3 is 11.7 Å². The van der Waals surface area contributed by atoms with E-state index >= 15 is 4.39 Å². The normalized spacial score (nSPS) is 23.7. The maximum absolute atomic E-state index is 16.0. The van der Waals surface area contributed by atoms with E-state index in [0.29, 0.717) is 16.2 Å². The molecular formula is C19H21FN2O6S. The van der Waals surface area contributed by atoms with E-state index in [1.807, 2.05) is 0 Å². The number of alkyl halides is 1. The van der Waals surface area contributed by atoms with Gasteiger partial charge in [0.15, 0.2) is 5.00 Å². The summed E-state index contributed by atoms with van der Waals surface area (Å²) in [5.74, 6) is 0.0698. The molecule has 0 radical (unpaired) electrons. The molecule has 1 aromatic heterocycles. The number of nitrogens with zero attached hydrogens (tertiary/aromatic N) is 1. The summed E-state index contributed by atoms with van der Waals surface area (Å²) in [5.41, 5.74) is -0.917. The number of aromatic amines is 1. The third-order valence-electron chi connectivity index (χ3n) is 4.50. The Morgan fingerprint density at radius 3 is 2.69 bits per heavy atom. The number of hydrogen-bond acceptors (Lipinski definition) is 7. The van der Waals surface area contributed by atoms with Gasteiger partial charge in [0, 0.05) is 30.0 Å². The number of thioether (sulfide) groups is 1. The monoisotopic (exact) mass is 424 g/mol. The Hall–Kier alpha value is -2.59. The number of benzene rings is 1. The summed E-state index contributed by atoms with van der Waals surface area (Å²) in [6, 6.07) is 6.82. The van der Waals surface area contributed by atoms with Crippen molar-refractivity contribution in [3.63, 3.8) is 0 Å². The highest BCUT2D eigenvalue weighted by atomic mass is 32.2. The van der Waals surface area contributed by atoms with E-state index in [0.717, 1.165) is 16.3 Å². The lowest BCUT2D eigenvalue weighted by Gasteiger charge is -2.24. The summed E-state index contributed by atoms with van der Waals surface area (Å²) in [6.45, 7) is 2.45. The van der Waals surface area contributed by atoms with Crippen molar-refractivity contribution in [1.82, 2.24) is 9.55 Å². The summed E-state index contributed by atoms with van der Waals surface area (Å²) in [6.07, 6.45) is -0.920. The van der Waals surface area contributed by atoms with Crippen molar-refractivity contribution in [2.75, 3.05) is 13.7 Å². The molecule has 1 aromatic carbocycles. The Morgan fingerprint density at radius 1 is 1.38 bits per heavy atom. The Kier molecular flexibility index (Phi) is 6.13. The van der Waals surface area contributed by atoms with Crippen LogP contribution in [0.2, 0.25) is 0 Å². The zero-order valence-corrected chi connectivity index (χ0v) is 17.0. The van der Waals surface area contributed by atoms with Gasteiger partial charge in [-0.25, -0.2) is 9.18 Å². The molecule has 0 bridgehead atoms. The summed E-state index contributed by atoms with van der Waals surface area (Å²) >= 11 is 0.918. The molecule has 0 aliphatic carbocycles. The summed E-state index contributed by atoms with van der Waals surface area (Å²) in [5, 5.41) is -1.97. The van der Waals surface area contributed by atoms with Crippen LogP contribution in [0.4, 0.5) is 4.39 Å². The molecule has 1 saturated heterocycles. The van der Waals surface area contributed by atoms with Gasteiger partial charge in [-0.15, -0.1) is 0 Å². The molecular weight excluding hydrogens is 403 g/mol. The second-order valence-corrected chi connectivity index (χ2v) is 7.98. The number of methoxy groups -OCH3 is 1. The smallest absolute Gasteiger partial charge is 0.330 e. The number of aromatic nitrogens is 2. The van der Waals surface area contributed by atoms with Crippen molar-refractivity contribution in [3.8, 4) is 5.75 Å². The van der Waals surface area contributed by atoms with Gasteiger partial charge in [-0.1, -0.05) is 11.8 Å². The van der Waals surface area contributed by atoms with Crippen molar-refractivity contribution < 1.29 is 23.4 Å². The van der Waals surface area contributed by atoms with Crippen LogP contribution >= 0.6 is 11.8 Å². The number of ether oxygens (including phenoxy) is 3. The van der Waals surface area contributed by atoms with Crippen LogP contribution in [0.15, 0.2) is 44.9 Å². The molecule has 0 unspecified atom stereocenters. The highest BCUT2D eigenvalue weighted by Gasteiger charge is 2.52. The lowest BCUT2D eigenvalue weighted by atomic mass is 10.2. The van der Waals surface area contributed by atoms with Gasteiger partial charge in [-0.2, -0.15) is 0 Å². The van der Waals surface area contributed by atoms with E-state index in [4.69, 9.17) is 14.2 Å². The van der Waals surface area contributed by atoms with Crippen LogP contribution in [-0.4, -0.2) is 40.3 Å². The van der Waals surface area contributed by atoms with Gasteiger partial charge in [0.05, 0.1) is 7.11 Å². The number of nitrogens with one attached hydrogen (secondary N) is 1. The first kappa shape index (κ1) is 21.1. The van der Waals surface area contributed by atoms with Crippen molar-refractivity contribution in [2.45, 2.75) is 42.5 Å². The predicted octanol–water partition coefficient (Wildman–Crippen LogP) is 2.16. The molecule has 1 aliphatic rings. The zero-order valence-electron chi connectivity index (χ0n) is 16.1. The standard InChI is InChI=1S/C19H21FN2O6S/c1-11-9-22(18(25)21-17(11)24)16-8-19(20,15(28-16)10-27-12(2)23)29-14-6-4-13(26-3)5-7-14/h4-7,9,15-16H,8,10H2,1-3H3,(H,21,24,25)/t15-,16-,19-/m1/s1. The zero-order chi connectivity index (χ0) is 21.2. The Bertz CT molecular complexity index is 1000. The quantitative estimate of drug-likeness (QED) is 0.710. The first-order valence-corrected chi connectivity index (χ1v) is 9.66. The molecule has 3 rings (SSSR count). The molecule has 0 amide bonds. The fraction of sp³-hybridized carbons (Fsp3) is 0.421. The minimum absolute atomic E-state index is 0.180. The summed E-state index contributed by atoms with van der Waals surface area (Å²) in [4.78, 5) is 37.8. The van der Waals surface area contributed by atoms with E-state index in [9.17, 15) is 14.4 Å². The van der Waals surface area contributed by atoms with Gasteiger partial charge in [0.2, 0.25) is 0 Å². The van der Waals surface area contributed by atoms with Crippen LogP contribution in [0.1, 0.15) is 25.1 Å². The topological polar surface area (TPSA) is 99.6 Å².